The molecule has 3 N–H and O–H groups in total. The number of nitrogens with two attached hydrogens (primary N) is 1. The van der Waals surface area contributed by atoms with Gasteiger partial charge in [-0.3, -0.25) is 4.79 Å². The van der Waals surface area contributed by atoms with E-state index in [0.717, 1.165) is 42.6 Å². The smallest absolute Gasteiger partial charge is 0.243 e. The van der Waals surface area contributed by atoms with E-state index >= 15 is 0 Å². The van der Waals surface area contributed by atoms with Crippen LogP contribution >= 0.6 is 27.5 Å². The molecule has 3 rings (SSSR count). The first-order valence-electron chi connectivity index (χ1n) is 6.77. The zero-order valence-corrected chi connectivity index (χ0v) is 13.4. The summed E-state index contributed by atoms with van der Waals surface area (Å²) in [5.74, 6) is 0.0262. The number of fused-ring (bicyclic) bond motifs is 2. The molecule has 20 heavy (non-hydrogen) atoms. The van der Waals surface area contributed by atoms with Gasteiger partial charge in [0.25, 0.3) is 0 Å². The fourth-order valence-electron chi connectivity index (χ4n) is 3.36. The molecule has 1 aromatic carbocycles. The van der Waals surface area contributed by atoms with Crippen molar-refractivity contribution in [1.29, 1.82) is 0 Å². The van der Waals surface area contributed by atoms with E-state index in [0.29, 0.717) is 5.02 Å². The quantitative estimate of drug-likeness (QED) is 0.872. The highest BCUT2D eigenvalue weighted by molar-refractivity contribution is 9.10. The normalized spacial score (nSPS) is 32.1. The zero-order chi connectivity index (χ0) is 14.3. The molecule has 0 saturated carbocycles. The Kier molecular flexibility index (Phi) is 3.69. The third-order valence-corrected chi connectivity index (χ3v) is 5.73. The lowest BCUT2D eigenvalue weighted by Gasteiger charge is -2.41. The summed E-state index contributed by atoms with van der Waals surface area (Å²) in [5.41, 5.74) is 5.98. The van der Waals surface area contributed by atoms with Crippen LogP contribution < -0.4 is 11.1 Å². The number of nitrogens with zero attached hydrogens (tertiary/aromatic N) is 1. The summed E-state index contributed by atoms with van der Waals surface area (Å²) >= 11 is 9.42. The van der Waals surface area contributed by atoms with E-state index in [2.05, 4.69) is 26.1 Å². The van der Waals surface area contributed by atoms with Crippen LogP contribution in [0.1, 0.15) is 12.8 Å². The molecule has 3 atom stereocenters. The van der Waals surface area contributed by atoms with E-state index in [1.54, 1.807) is 0 Å². The molecule has 1 aromatic rings. The molecule has 3 unspecified atom stereocenters. The number of carbonyl (C=O) groups is 1. The Morgan fingerprint density at radius 2 is 2.30 bits per heavy atom. The van der Waals surface area contributed by atoms with E-state index in [1.807, 2.05) is 18.2 Å². The topological polar surface area (TPSA) is 58.4 Å². The van der Waals surface area contributed by atoms with Crippen LogP contribution in [0, 0.1) is 5.92 Å². The lowest BCUT2D eigenvalue weighted by Crippen LogP contribution is -2.60. The van der Waals surface area contributed by atoms with E-state index in [1.165, 1.54) is 0 Å². The number of halogens is 2. The zero-order valence-electron chi connectivity index (χ0n) is 11.0. The Morgan fingerprint density at radius 1 is 1.50 bits per heavy atom. The number of primary amides is 1. The number of hydrogen-bond donors (Lipinski definition) is 2. The minimum absolute atomic E-state index is 0.255. The van der Waals surface area contributed by atoms with Crippen LogP contribution in [0.2, 0.25) is 5.02 Å². The number of piperidine rings is 1. The molecule has 0 spiro atoms. The Bertz CT molecular complexity index is 553. The summed E-state index contributed by atoms with van der Waals surface area (Å²) in [6.07, 6.45) is 1.78. The van der Waals surface area contributed by atoms with Crippen molar-refractivity contribution in [2.24, 2.45) is 11.7 Å². The molecule has 4 nitrogen and oxygen atoms in total. The summed E-state index contributed by atoms with van der Waals surface area (Å²) in [5, 5.41) is 4.05. The maximum Gasteiger partial charge on any atom is 0.243 e. The van der Waals surface area contributed by atoms with Gasteiger partial charge in [0.05, 0.1) is 5.02 Å². The Balaban J connectivity index is 1.91. The lowest BCUT2D eigenvalue weighted by atomic mass is 9.78. The second-order valence-electron chi connectivity index (χ2n) is 5.63. The molecular weight excluding hydrogens is 342 g/mol. The van der Waals surface area contributed by atoms with Crippen LogP contribution in [0.15, 0.2) is 22.7 Å². The summed E-state index contributed by atoms with van der Waals surface area (Å²) < 4.78 is 0.813. The van der Waals surface area contributed by atoms with Crippen LogP contribution in [0.4, 0.5) is 5.69 Å². The number of rotatable bonds is 3. The van der Waals surface area contributed by atoms with Crippen molar-refractivity contribution >= 4 is 39.1 Å². The molecule has 108 valence electrons. The average molecular weight is 359 g/mol. The predicted molar refractivity (Wildman–Crippen MR) is 83.9 cm³/mol. The first-order valence-corrected chi connectivity index (χ1v) is 7.94. The highest BCUT2D eigenvalue weighted by Gasteiger charge is 2.50. The molecule has 2 aliphatic heterocycles. The van der Waals surface area contributed by atoms with Gasteiger partial charge in [-0.05, 0) is 53.5 Å². The van der Waals surface area contributed by atoms with Gasteiger partial charge in [-0.15, -0.1) is 0 Å². The molecule has 6 heteroatoms. The van der Waals surface area contributed by atoms with E-state index in [9.17, 15) is 4.79 Å². The first-order chi connectivity index (χ1) is 9.51. The van der Waals surface area contributed by atoms with Crippen molar-refractivity contribution in [1.82, 2.24) is 4.90 Å². The molecule has 2 heterocycles. The van der Waals surface area contributed by atoms with Crippen molar-refractivity contribution < 1.29 is 4.79 Å². The molecule has 0 aliphatic carbocycles. The Hall–Kier alpha value is -0.780. The van der Waals surface area contributed by atoms with Gasteiger partial charge in [0.2, 0.25) is 5.91 Å². The molecule has 2 fully saturated rings. The molecule has 0 radical (unpaired) electrons. The van der Waals surface area contributed by atoms with Gasteiger partial charge < -0.3 is 16.0 Å². The van der Waals surface area contributed by atoms with Gasteiger partial charge in [0, 0.05) is 29.2 Å². The molecular formula is C14H17BrClN3O. The van der Waals surface area contributed by atoms with Crippen LogP contribution in [-0.2, 0) is 4.79 Å². The SMILES string of the molecule is NC(=O)C1(Nc2ccc(Cl)c(Br)c2)CCN2CCC1C2. The third-order valence-electron chi connectivity index (χ3n) is 4.52. The second kappa shape index (κ2) is 5.20. The highest BCUT2D eigenvalue weighted by Crippen LogP contribution is 2.38. The van der Waals surface area contributed by atoms with Gasteiger partial charge in [-0.25, -0.2) is 0 Å². The van der Waals surface area contributed by atoms with Gasteiger partial charge in [0.1, 0.15) is 5.54 Å². The second-order valence-corrected chi connectivity index (χ2v) is 6.89. The number of nitrogens with one attached hydrogen (secondary N) is 1. The van der Waals surface area contributed by atoms with Crippen LogP contribution in [0.3, 0.4) is 0 Å². The number of anilines is 1. The number of hydrogen-bond acceptors (Lipinski definition) is 3. The molecule has 2 bridgehead atoms. The minimum Gasteiger partial charge on any atom is -0.371 e. The van der Waals surface area contributed by atoms with Crippen molar-refractivity contribution in [3.63, 3.8) is 0 Å². The highest BCUT2D eigenvalue weighted by atomic mass is 79.9. The molecule has 2 aliphatic rings. The molecule has 0 aromatic heterocycles. The molecule has 2 saturated heterocycles. The average Bonchev–Trinajstić information content (AvgIpc) is 2.81. The fraction of sp³-hybridized carbons (Fsp3) is 0.500. The summed E-state index contributed by atoms with van der Waals surface area (Å²) in [4.78, 5) is 14.5. The van der Waals surface area contributed by atoms with Crippen LogP contribution in [0.5, 0.6) is 0 Å². The van der Waals surface area contributed by atoms with Gasteiger partial charge in [0.15, 0.2) is 0 Å². The number of benzene rings is 1. The third kappa shape index (κ3) is 2.32. The fourth-order valence-corrected chi connectivity index (χ4v) is 3.85. The first kappa shape index (κ1) is 14.2. The summed E-state index contributed by atoms with van der Waals surface area (Å²) in [6.45, 7) is 2.93. The Labute approximate surface area is 131 Å². The lowest BCUT2D eigenvalue weighted by molar-refractivity contribution is -0.125. The van der Waals surface area contributed by atoms with E-state index in [-0.39, 0.29) is 11.8 Å². The standard InChI is InChI=1S/C14H17BrClN3O/c15-11-7-10(1-2-12(11)16)18-14(13(17)20)4-6-19-5-3-9(14)8-19/h1-2,7,9,18H,3-6,8H2,(H2,17,20). The summed E-state index contributed by atoms with van der Waals surface area (Å²) in [7, 11) is 0. The van der Waals surface area contributed by atoms with Crippen LogP contribution in [-0.4, -0.2) is 36.0 Å². The van der Waals surface area contributed by atoms with Crippen LogP contribution in [0.25, 0.3) is 0 Å². The maximum atomic E-state index is 12.1. The van der Waals surface area contributed by atoms with Gasteiger partial charge in [-0.1, -0.05) is 11.6 Å². The molecule has 1 amide bonds. The Morgan fingerprint density at radius 3 is 3.00 bits per heavy atom. The van der Waals surface area contributed by atoms with E-state index < -0.39 is 5.54 Å². The monoisotopic (exact) mass is 357 g/mol. The van der Waals surface area contributed by atoms with Crippen molar-refractivity contribution in [2.75, 3.05) is 25.0 Å². The summed E-state index contributed by atoms with van der Waals surface area (Å²) in [6, 6.07) is 5.60. The van der Waals surface area contributed by atoms with Gasteiger partial charge >= 0.3 is 0 Å². The maximum absolute atomic E-state index is 12.1. The largest absolute Gasteiger partial charge is 0.371 e. The number of carbonyl (C=O) groups excluding carboxylic acids is 1. The predicted octanol–water partition coefficient (Wildman–Crippen LogP) is 2.46. The minimum atomic E-state index is -0.639. The van der Waals surface area contributed by atoms with Crippen molar-refractivity contribution in [3.05, 3.63) is 27.7 Å². The van der Waals surface area contributed by atoms with Gasteiger partial charge in [-0.2, -0.15) is 0 Å². The van der Waals surface area contributed by atoms with Crippen molar-refractivity contribution in [2.45, 2.75) is 18.4 Å². The van der Waals surface area contributed by atoms with Crippen molar-refractivity contribution in [3.8, 4) is 0 Å². The van der Waals surface area contributed by atoms with E-state index in [4.69, 9.17) is 17.3 Å². The number of amides is 1.